The summed E-state index contributed by atoms with van der Waals surface area (Å²) in [5, 5.41) is 18.7. The summed E-state index contributed by atoms with van der Waals surface area (Å²) in [4.78, 5) is 34.3. The van der Waals surface area contributed by atoms with E-state index in [0.717, 1.165) is 73.5 Å². The second-order valence-electron chi connectivity index (χ2n) is 11.5. The van der Waals surface area contributed by atoms with Gasteiger partial charge < -0.3 is 25.4 Å². The van der Waals surface area contributed by atoms with E-state index >= 15 is 0 Å². The summed E-state index contributed by atoms with van der Waals surface area (Å²) in [6.07, 6.45) is 2.86. The number of Topliss-reactive ketones (excluding diaryl/α,β-unsaturated/α-hetero) is 1. The number of nitrogens with zero attached hydrogens (tertiary/aromatic N) is 3. The first-order valence-electron chi connectivity index (χ1n) is 14.5. The van der Waals surface area contributed by atoms with Crippen LogP contribution < -0.4 is 10.6 Å². The number of anilines is 2. The highest BCUT2D eigenvalue weighted by Crippen LogP contribution is 2.32. The number of benzene rings is 2. The van der Waals surface area contributed by atoms with Gasteiger partial charge in [-0.2, -0.15) is 0 Å². The van der Waals surface area contributed by atoms with Gasteiger partial charge in [-0.15, -0.1) is 0 Å². The third kappa shape index (κ3) is 8.15. The first-order chi connectivity index (χ1) is 20.0. The molecule has 2 heterocycles. The molecule has 9 heteroatoms. The number of carbonyl (C=O) groups is 2. The van der Waals surface area contributed by atoms with Crippen LogP contribution >= 0.6 is 0 Å². The third-order valence-electron chi connectivity index (χ3n) is 7.44. The Balaban J connectivity index is 1.46. The van der Waals surface area contributed by atoms with Crippen LogP contribution in [-0.2, 0) is 14.3 Å². The maximum Gasteiger partial charge on any atom is 0.261 e. The monoisotopic (exact) mass is 573 g/mol. The van der Waals surface area contributed by atoms with Gasteiger partial charge in [0.15, 0.2) is 5.78 Å². The molecule has 3 N–H and O–H groups in total. The number of hydrogen-bond donors (Lipinski definition) is 3. The predicted octanol–water partition coefficient (Wildman–Crippen LogP) is 4.54. The minimum atomic E-state index is -0.970. The fraction of sp³-hybridized carbons (Fsp3) is 0.424. The van der Waals surface area contributed by atoms with E-state index in [1.54, 1.807) is 32.7 Å². The standard InChI is InChI=1S/C33H43N5O4/c1-23(37(5)22-33(3,4)41)30(24(2)39)32(40)36-26-12-10-25(11-13-26)27-8-6-9-29-28(27)14-16-35-31(29)34-15-7-17-38-18-20-42-21-19-38/h6,8-14,16,41H,7,15,17-22H2,1-5H3,(H,34,35)(H,36,40)/b30-23+. The Hall–Kier alpha value is -3.79. The maximum atomic E-state index is 13.1. The number of aliphatic hydroxyl groups is 1. The van der Waals surface area contributed by atoms with E-state index in [9.17, 15) is 14.7 Å². The zero-order chi connectivity index (χ0) is 30.3. The van der Waals surface area contributed by atoms with Gasteiger partial charge in [-0.1, -0.05) is 30.3 Å². The number of allylic oxidation sites excluding steroid dienone is 1. The number of ketones is 1. The van der Waals surface area contributed by atoms with E-state index in [2.05, 4.69) is 32.7 Å². The van der Waals surface area contributed by atoms with E-state index < -0.39 is 11.5 Å². The molecule has 0 aliphatic carbocycles. The van der Waals surface area contributed by atoms with Gasteiger partial charge in [-0.3, -0.25) is 14.5 Å². The summed E-state index contributed by atoms with van der Waals surface area (Å²) in [6.45, 7) is 12.2. The van der Waals surface area contributed by atoms with Crippen LogP contribution in [0.3, 0.4) is 0 Å². The highest BCUT2D eigenvalue weighted by atomic mass is 16.5. The van der Waals surface area contributed by atoms with Crippen molar-refractivity contribution in [2.75, 3.05) is 63.6 Å². The molecule has 0 bridgehead atoms. The van der Waals surface area contributed by atoms with Gasteiger partial charge >= 0.3 is 0 Å². The molecule has 224 valence electrons. The fourth-order valence-electron chi connectivity index (χ4n) is 5.33. The van der Waals surface area contributed by atoms with Gasteiger partial charge in [-0.05, 0) is 75.4 Å². The molecule has 0 atom stereocenters. The van der Waals surface area contributed by atoms with Crippen molar-refractivity contribution in [1.29, 1.82) is 0 Å². The average molecular weight is 574 g/mol. The van der Waals surface area contributed by atoms with E-state index in [1.807, 2.05) is 42.6 Å². The molecule has 0 unspecified atom stereocenters. The van der Waals surface area contributed by atoms with Crippen LogP contribution in [0.1, 0.15) is 34.1 Å². The van der Waals surface area contributed by atoms with Crippen molar-refractivity contribution in [3.05, 3.63) is 66.0 Å². The van der Waals surface area contributed by atoms with Crippen molar-refractivity contribution in [2.45, 2.75) is 39.7 Å². The third-order valence-corrected chi connectivity index (χ3v) is 7.44. The molecule has 4 rings (SSSR count). The number of morpholine rings is 1. The lowest BCUT2D eigenvalue weighted by molar-refractivity contribution is -0.119. The van der Waals surface area contributed by atoms with Crippen LogP contribution in [0.5, 0.6) is 0 Å². The summed E-state index contributed by atoms with van der Waals surface area (Å²) < 4.78 is 5.43. The van der Waals surface area contributed by atoms with Crippen molar-refractivity contribution in [1.82, 2.24) is 14.8 Å². The summed E-state index contributed by atoms with van der Waals surface area (Å²) in [5.74, 6) is 0.0590. The Labute approximate surface area is 248 Å². The number of hydrogen-bond acceptors (Lipinski definition) is 8. The Kier molecular flexibility index (Phi) is 10.3. The molecule has 1 fully saturated rings. The Morgan fingerprint density at radius 2 is 1.76 bits per heavy atom. The highest BCUT2D eigenvalue weighted by molar-refractivity contribution is 6.23. The van der Waals surface area contributed by atoms with Gasteiger partial charge in [0.1, 0.15) is 11.4 Å². The predicted molar refractivity (Wildman–Crippen MR) is 168 cm³/mol. The number of likely N-dealkylation sites (N-methyl/N-ethyl adjacent to an activating group) is 1. The smallest absolute Gasteiger partial charge is 0.261 e. The molecule has 1 aromatic heterocycles. The van der Waals surface area contributed by atoms with Crippen LogP contribution in [-0.4, -0.2) is 90.2 Å². The molecule has 42 heavy (non-hydrogen) atoms. The van der Waals surface area contributed by atoms with Crippen molar-refractivity contribution < 1.29 is 19.4 Å². The second kappa shape index (κ2) is 13.9. The molecular weight excluding hydrogens is 530 g/mol. The molecule has 0 radical (unpaired) electrons. The minimum Gasteiger partial charge on any atom is -0.389 e. The first kappa shape index (κ1) is 31.2. The Morgan fingerprint density at radius 1 is 1.05 bits per heavy atom. The van der Waals surface area contributed by atoms with Crippen molar-refractivity contribution >= 4 is 34.0 Å². The van der Waals surface area contributed by atoms with E-state index in [1.165, 1.54) is 6.92 Å². The average Bonchev–Trinajstić information content (AvgIpc) is 2.95. The maximum absolute atomic E-state index is 13.1. The van der Waals surface area contributed by atoms with Crippen LogP contribution in [0.4, 0.5) is 11.5 Å². The molecule has 9 nitrogen and oxygen atoms in total. The van der Waals surface area contributed by atoms with Crippen molar-refractivity contribution in [2.24, 2.45) is 0 Å². The van der Waals surface area contributed by atoms with E-state index in [4.69, 9.17) is 4.74 Å². The number of aromatic nitrogens is 1. The summed E-state index contributed by atoms with van der Waals surface area (Å²) in [7, 11) is 1.75. The van der Waals surface area contributed by atoms with Gasteiger partial charge in [0.25, 0.3) is 5.91 Å². The molecule has 3 aromatic rings. The lowest BCUT2D eigenvalue weighted by Gasteiger charge is -2.28. The molecule has 0 saturated carbocycles. The van der Waals surface area contributed by atoms with Crippen molar-refractivity contribution in [3.63, 3.8) is 0 Å². The fourth-order valence-corrected chi connectivity index (χ4v) is 5.33. The van der Waals surface area contributed by atoms with E-state index in [0.29, 0.717) is 11.4 Å². The largest absolute Gasteiger partial charge is 0.389 e. The summed E-state index contributed by atoms with van der Waals surface area (Å²) >= 11 is 0. The highest BCUT2D eigenvalue weighted by Gasteiger charge is 2.23. The lowest BCUT2D eigenvalue weighted by atomic mass is 9.98. The summed E-state index contributed by atoms with van der Waals surface area (Å²) in [5.41, 5.74) is 2.27. The van der Waals surface area contributed by atoms with Gasteiger partial charge in [0, 0.05) is 56.2 Å². The first-order valence-corrected chi connectivity index (χ1v) is 14.5. The van der Waals surface area contributed by atoms with Gasteiger partial charge in [-0.25, -0.2) is 4.98 Å². The normalized spacial score (nSPS) is 14.8. The molecule has 1 aliphatic heterocycles. The summed E-state index contributed by atoms with van der Waals surface area (Å²) in [6, 6.07) is 15.8. The number of ether oxygens (including phenoxy) is 1. The number of amides is 1. The number of pyridine rings is 1. The zero-order valence-corrected chi connectivity index (χ0v) is 25.4. The van der Waals surface area contributed by atoms with Gasteiger partial charge in [0.05, 0.1) is 18.8 Å². The van der Waals surface area contributed by atoms with Crippen LogP contribution in [0.2, 0.25) is 0 Å². The SMILES string of the molecule is CC(=O)/C(C(=O)Nc1ccc(-c2cccc3c(NCCCN4CCOCC4)nccc23)cc1)=C(/C)N(C)CC(C)(C)O. The minimum absolute atomic E-state index is 0.0670. The quantitative estimate of drug-likeness (QED) is 0.126. The molecule has 2 aromatic carbocycles. The molecule has 0 spiro atoms. The number of carbonyl (C=O) groups excluding carboxylic acids is 2. The zero-order valence-electron chi connectivity index (χ0n) is 25.4. The van der Waals surface area contributed by atoms with Crippen LogP contribution in [0.25, 0.3) is 21.9 Å². The van der Waals surface area contributed by atoms with Crippen LogP contribution in [0.15, 0.2) is 66.0 Å². The number of fused-ring (bicyclic) bond motifs is 1. The number of nitrogens with one attached hydrogen (secondary N) is 2. The lowest BCUT2D eigenvalue weighted by Crippen LogP contribution is -2.37. The molecular formula is C33H43N5O4. The topological polar surface area (TPSA) is 107 Å². The second-order valence-corrected chi connectivity index (χ2v) is 11.5. The Morgan fingerprint density at radius 3 is 2.43 bits per heavy atom. The molecule has 1 amide bonds. The van der Waals surface area contributed by atoms with Crippen LogP contribution in [0, 0.1) is 0 Å². The number of rotatable bonds is 12. The van der Waals surface area contributed by atoms with Crippen molar-refractivity contribution in [3.8, 4) is 11.1 Å². The molecule has 1 saturated heterocycles. The molecule has 1 aliphatic rings. The Bertz CT molecular complexity index is 1420. The van der Waals surface area contributed by atoms with Gasteiger partial charge in [0.2, 0.25) is 0 Å². The van der Waals surface area contributed by atoms with E-state index in [-0.39, 0.29) is 17.9 Å².